The summed E-state index contributed by atoms with van der Waals surface area (Å²) in [5, 5.41) is 20.6. The van der Waals surface area contributed by atoms with Crippen LogP contribution in [0.5, 0.6) is 0 Å². The largest absolute Gasteiger partial charge is 0.396 e. The number of nitrogens with zero attached hydrogens (tertiary/aromatic N) is 2. The molecular formula is C12H11BrN2O3S. The van der Waals surface area contributed by atoms with E-state index < -0.39 is 4.92 Å². The Morgan fingerprint density at radius 1 is 1.47 bits per heavy atom. The van der Waals surface area contributed by atoms with Crippen molar-refractivity contribution in [1.82, 2.24) is 4.98 Å². The van der Waals surface area contributed by atoms with E-state index >= 15 is 0 Å². The highest BCUT2D eigenvalue weighted by Gasteiger charge is 2.18. The lowest BCUT2D eigenvalue weighted by atomic mass is 10.2. The summed E-state index contributed by atoms with van der Waals surface area (Å²) in [4.78, 5) is 15.4. The van der Waals surface area contributed by atoms with Gasteiger partial charge in [-0.2, -0.15) is 0 Å². The highest BCUT2D eigenvalue weighted by molar-refractivity contribution is 9.10. The second-order valence-electron chi connectivity index (χ2n) is 3.82. The summed E-state index contributed by atoms with van der Waals surface area (Å²) in [6, 6.07) is 5.50. The molecule has 2 aromatic rings. The van der Waals surface area contributed by atoms with Gasteiger partial charge in [-0.3, -0.25) is 10.1 Å². The van der Waals surface area contributed by atoms with Crippen molar-refractivity contribution in [3.8, 4) is 0 Å². The first-order chi connectivity index (χ1) is 9.13. The molecule has 0 fully saturated rings. The van der Waals surface area contributed by atoms with Gasteiger partial charge in [0.25, 0.3) is 0 Å². The monoisotopic (exact) mass is 342 g/mol. The fourth-order valence-corrected chi connectivity index (χ4v) is 3.08. The molecular weight excluding hydrogens is 332 g/mol. The van der Waals surface area contributed by atoms with Crippen LogP contribution in [0, 0.1) is 10.1 Å². The Bertz CT molecular complexity index is 621. The third kappa shape index (κ3) is 3.23. The molecule has 0 aliphatic heterocycles. The van der Waals surface area contributed by atoms with Gasteiger partial charge in [-0.25, -0.2) is 4.98 Å². The van der Waals surface area contributed by atoms with Gasteiger partial charge in [-0.1, -0.05) is 15.9 Å². The number of nitro groups is 1. The molecule has 19 heavy (non-hydrogen) atoms. The number of hydrogen-bond donors (Lipinski definition) is 1. The van der Waals surface area contributed by atoms with E-state index in [1.165, 1.54) is 18.0 Å². The third-order valence-electron chi connectivity index (χ3n) is 2.51. The number of aliphatic hydroxyl groups is 1. The molecule has 1 aromatic heterocycles. The molecule has 0 aliphatic carbocycles. The lowest BCUT2D eigenvalue weighted by Crippen LogP contribution is -1.95. The molecule has 0 atom stereocenters. The summed E-state index contributed by atoms with van der Waals surface area (Å²) in [6.45, 7) is 0.0769. The van der Waals surface area contributed by atoms with Crippen LogP contribution in [-0.4, -0.2) is 27.4 Å². The molecule has 2 rings (SSSR count). The predicted octanol–water partition coefficient (Wildman–Crippen LogP) is 3.38. The number of aromatic nitrogens is 1. The molecule has 100 valence electrons. The first-order valence-electron chi connectivity index (χ1n) is 5.60. The Balaban J connectivity index is 2.54. The van der Waals surface area contributed by atoms with Crippen molar-refractivity contribution in [2.75, 3.05) is 12.4 Å². The van der Waals surface area contributed by atoms with Gasteiger partial charge in [0.1, 0.15) is 6.20 Å². The van der Waals surface area contributed by atoms with E-state index in [1.54, 1.807) is 0 Å². The number of halogens is 1. The van der Waals surface area contributed by atoms with Gasteiger partial charge in [-0.15, -0.1) is 11.8 Å². The van der Waals surface area contributed by atoms with E-state index in [0.717, 1.165) is 15.4 Å². The van der Waals surface area contributed by atoms with Crippen molar-refractivity contribution in [2.24, 2.45) is 0 Å². The number of rotatable bonds is 5. The average Bonchev–Trinajstić information content (AvgIpc) is 2.38. The van der Waals surface area contributed by atoms with Gasteiger partial charge >= 0.3 is 5.69 Å². The number of pyridine rings is 1. The third-order valence-corrected chi connectivity index (χ3v) is 4.21. The first kappa shape index (κ1) is 14.2. The highest BCUT2D eigenvalue weighted by Crippen LogP contribution is 2.36. The molecule has 7 heteroatoms. The van der Waals surface area contributed by atoms with Crippen molar-refractivity contribution in [3.05, 3.63) is 39.0 Å². The quantitative estimate of drug-likeness (QED) is 0.390. The van der Waals surface area contributed by atoms with E-state index in [-0.39, 0.29) is 12.3 Å². The van der Waals surface area contributed by atoms with E-state index in [1.807, 2.05) is 18.2 Å². The Morgan fingerprint density at radius 2 is 2.26 bits per heavy atom. The molecule has 0 unspecified atom stereocenters. The van der Waals surface area contributed by atoms with E-state index in [4.69, 9.17) is 5.11 Å². The van der Waals surface area contributed by atoms with Gasteiger partial charge in [0.05, 0.1) is 15.3 Å². The van der Waals surface area contributed by atoms with Crippen LogP contribution in [0.1, 0.15) is 6.42 Å². The normalized spacial score (nSPS) is 10.8. The van der Waals surface area contributed by atoms with Crippen molar-refractivity contribution < 1.29 is 10.0 Å². The number of benzene rings is 1. The summed E-state index contributed by atoms with van der Waals surface area (Å²) in [5.74, 6) is 0.628. The SMILES string of the molecule is O=[N+]([O-])c1cnc2ccc(Br)cc2c1SCCCO. The van der Waals surface area contributed by atoms with Crippen LogP contribution in [0.4, 0.5) is 5.69 Å². The zero-order valence-corrected chi connectivity index (χ0v) is 12.3. The fourth-order valence-electron chi connectivity index (χ4n) is 1.65. The second-order valence-corrected chi connectivity index (χ2v) is 5.84. The van der Waals surface area contributed by atoms with Gasteiger partial charge in [-0.05, 0) is 24.6 Å². The van der Waals surface area contributed by atoms with Gasteiger partial charge < -0.3 is 5.11 Å². The Hall–Kier alpha value is -1.18. The molecule has 1 N–H and O–H groups in total. The lowest BCUT2D eigenvalue weighted by Gasteiger charge is -2.06. The maximum Gasteiger partial charge on any atom is 0.301 e. The number of aliphatic hydroxyl groups excluding tert-OH is 1. The first-order valence-corrected chi connectivity index (χ1v) is 7.37. The van der Waals surface area contributed by atoms with Crippen LogP contribution < -0.4 is 0 Å². The van der Waals surface area contributed by atoms with E-state index in [0.29, 0.717) is 17.1 Å². The molecule has 0 bridgehead atoms. The minimum Gasteiger partial charge on any atom is -0.396 e. The summed E-state index contributed by atoms with van der Waals surface area (Å²) < 4.78 is 0.853. The lowest BCUT2D eigenvalue weighted by molar-refractivity contribution is -0.387. The minimum atomic E-state index is -0.422. The fraction of sp³-hybridized carbons (Fsp3) is 0.250. The molecule has 0 spiro atoms. The van der Waals surface area contributed by atoms with Crippen molar-refractivity contribution in [1.29, 1.82) is 0 Å². The van der Waals surface area contributed by atoms with Crippen LogP contribution in [0.25, 0.3) is 10.9 Å². The second kappa shape index (κ2) is 6.31. The number of fused-ring (bicyclic) bond motifs is 1. The molecule has 1 aromatic carbocycles. The summed E-state index contributed by atoms with van der Waals surface area (Å²) in [7, 11) is 0. The summed E-state index contributed by atoms with van der Waals surface area (Å²) in [6.07, 6.45) is 1.89. The zero-order valence-electron chi connectivity index (χ0n) is 9.88. The molecule has 1 heterocycles. The molecule has 0 radical (unpaired) electrons. The van der Waals surface area contributed by atoms with E-state index in [9.17, 15) is 10.1 Å². The Morgan fingerprint density at radius 3 is 2.95 bits per heavy atom. The van der Waals surface area contributed by atoms with Crippen molar-refractivity contribution in [2.45, 2.75) is 11.3 Å². The molecule has 5 nitrogen and oxygen atoms in total. The number of thioether (sulfide) groups is 1. The maximum atomic E-state index is 11.1. The molecule has 0 aliphatic rings. The van der Waals surface area contributed by atoms with Crippen LogP contribution in [0.15, 0.2) is 33.8 Å². The predicted molar refractivity (Wildman–Crippen MR) is 78.5 cm³/mol. The van der Waals surface area contributed by atoms with Crippen molar-refractivity contribution in [3.63, 3.8) is 0 Å². The highest BCUT2D eigenvalue weighted by atomic mass is 79.9. The van der Waals surface area contributed by atoms with Crippen LogP contribution >= 0.6 is 27.7 Å². The van der Waals surface area contributed by atoms with E-state index in [2.05, 4.69) is 20.9 Å². The molecule has 0 saturated carbocycles. The van der Waals surface area contributed by atoms with Crippen molar-refractivity contribution >= 4 is 44.3 Å². The smallest absolute Gasteiger partial charge is 0.301 e. The van der Waals surface area contributed by atoms with Gasteiger partial charge in [0, 0.05) is 22.2 Å². The van der Waals surface area contributed by atoms with Gasteiger partial charge in [0.2, 0.25) is 0 Å². The standard InChI is InChI=1S/C12H11BrN2O3S/c13-8-2-3-10-9(6-8)12(19-5-1-4-16)11(7-14-10)15(17)18/h2-3,6-7,16H,1,4-5H2. The summed E-state index contributed by atoms with van der Waals surface area (Å²) in [5.41, 5.74) is 0.730. The summed E-state index contributed by atoms with van der Waals surface area (Å²) >= 11 is 4.74. The van der Waals surface area contributed by atoms with Crippen LogP contribution in [0.3, 0.4) is 0 Å². The van der Waals surface area contributed by atoms with Crippen LogP contribution in [0.2, 0.25) is 0 Å². The molecule has 0 amide bonds. The van der Waals surface area contributed by atoms with Crippen LogP contribution in [-0.2, 0) is 0 Å². The minimum absolute atomic E-state index is 0.00791. The molecule has 0 saturated heterocycles. The van der Waals surface area contributed by atoms with Gasteiger partial charge in [0.15, 0.2) is 0 Å². The average molecular weight is 343 g/mol. The Kier molecular flexibility index (Phi) is 4.73. The zero-order chi connectivity index (χ0) is 13.8. The topological polar surface area (TPSA) is 76.3 Å². The Labute approximate surface area is 122 Å². The maximum absolute atomic E-state index is 11.1. The number of hydrogen-bond acceptors (Lipinski definition) is 5.